The van der Waals surface area contributed by atoms with Crippen LogP contribution < -0.4 is 16.6 Å². The third kappa shape index (κ3) is 3.28. The third-order valence-corrected chi connectivity index (χ3v) is 3.57. The summed E-state index contributed by atoms with van der Waals surface area (Å²) in [6.07, 6.45) is 0.531. The molecule has 18 heavy (non-hydrogen) atoms. The zero-order chi connectivity index (χ0) is 13.0. The van der Waals surface area contributed by atoms with E-state index < -0.39 is 0 Å². The molecule has 0 bridgehead atoms. The van der Waals surface area contributed by atoms with Crippen molar-refractivity contribution in [2.45, 2.75) is 19.0 Å². The average Bonchev–Trinajstić information content (AvgIpc) is 2.99. The fourth-order valence-electron chi connectivity index (χ4n) is 1.89. The predicted octanol–water partition coefficient (Wildman–Crippen LogP) is -0.246. The minimum absolute atomic E-state index is 0.137. The number of anilines is 1. The first kappa shape index (κ1) is 13.0. The highest BCUT2D eigenvalue weighted by atomic mass is 32.1. The maximum absolute atomic E-state index is 11.1. The Bertz CT molecular complexity index is 412. The number of nitrogens with zero attached hydrogens (tertiary/aromatic N) is 3. The number of amides is 1. The molecule has 100 valence electrons. The molecule has 1 fully saturated rings. The summed E-state index contributed by atoms with van der Waals surface area (Å²) in [7, 11) is 1.37. The lowest BCUT2D eigenvalue weighted by molar-refractivity contribution is 0.166. The average molecular weight is 272 g/mol. The van der Waals surface area contributed by atoms with E-state index in [-0.39, 0.29) is 12.1 Å². The molecule has 1 aliphatic rings. The van der Waals surface area contributed by atoms with Gasteiger partial charge in [0.15, 0.2) is 0 Å². The maximum Gasteiger partial charge on any atom is 0.407 e. The van der Waals surface area contributed by atoms with Crippen LogP contribution in [0.3, 0.4) is 0 Å². The second-order valence-corrected chi connectivity index (χ2v) is 5.06. The fourth-order valence-corrected chi connectivity index (χ4v) is 2.58. The molecule has 1 aromatic rings. The minimum atomic E-state index is -0.382. The fraction of sp³-hybridized carbons (Fsp3) is 0.667. The van der Waals surface area contributed by atoms with Crippen molar-refractivity contribution in [1.82, 2.24) is 20.4 Å². The zero-order valence-electron chi connectivity index (χ0n) is 10.0. The Hall–Kier alpha value is -1.45. The Morgan fingerprint density at radius 2 is 2.50 bits per heavy atom. The number of hydrogen-bond acceptors (Lipinski definition) is 8. The van der Waals surface area contributed by atoms with Crippen LogP contribution in [-0.4, -0.2) is 47.4 Å². The summed E-state index contributed by atoms with van der Waals surface area (Å²) in [5, 5.41) is 12.2. The number of alkyl carbamates (subject to hydrolysis) is 1. The molecule has 0 saturated carbocycles. The third-order valence-electron chi connectivity index (χ3n) is 2.73. The van der Waals surface area contributed by atoms with Crippen molar-refractivity contribution in [2.24, 2.45) is 5.84 Å². The molecule has 9 heteroatoms. The van der Waals surface area contributed by atoms with Crippen molar-refractivity contribution >= 4 is 22.6 Å². The van der Waals surface area contributed by atoms with Crippen molar-refractivity contribution in [3.05, 3.63) is 5.01 Å². The lowest BCUT2D eigenvalue weighted by atomic mass is 10.3. The summed E-state index contributed by atoms with van der Waals surface area (Å²) >= 11 is 1.43. The van der Waals surface area contributed by atoms with Crippen LogP contribution in [0.5, 0.6) is 0 Å². The summed E-state index contributed by atoms with van der Waals surface area (Å²) < 4.78 is 4.57. The second-order valence-electron chi connectivity index (χ2n) is 4.00. The van der Waals surface area contributed by atoms with Gasteiger partial charge in [-0.05, 0) is 6.42 Å². The van der Waals surface area contributed by atoms with E-state index in [1.54, 1.807) is 0 Å². The first-order chi connectivity index (χ1) is 8.71. The van der Waals surface area contributed by atoms with Gasteiger partial charge in [-0.25, -0.2) is 10.6 Å². The number of methoxy groups -OCH3 is 1. The van der Waals surface area contributed by atoms with Gasteiger partial charge in [0.05, 0.1) is 13.7 Å². The van der Waals surface area contributed by atoms with Gasteiger partial charge in [-0.3, -0.25) is 10.3 Å². The number of ether oxygens (including phenoxy) is 1. The van der Waals surface area contributed by atoms with E-state index in [1.165, 1.54) is 18.4 Å². The zero-order valence-corrected chi connectivity index (χ0v) is 10.9. The summed E-state index contributed by atoms with van der Waals surface area (Å²) in [4.78, 5) is 13.3. The normalized spacial score (nSPS) is 19.8. The molecule has 4 N–H and O–H groups in total. The smallest absolute Gasteiger partial charge is 0.407 e. The monoisotopic (exact) mass is 272 g/mol. The molecule has 0 spiro atoms. The SMILES string of the molecule is COC(=O)NC1CCN(Cc2nnc(NN)s2)C1. The van der Waals surface area contributed by atoms with Gasteiger partial charge in [-0.15, -0.1) is 10.2 Å². The topological polar surface area (TPSA) is 105 Å². The van der Waals surface area contributed by atoms with E-state index in [1.807, 2.05) is 0 Å². The van der Waals surface area contributed by atoms with E-state index in [0.29, 0.717) is 5.13 Å². The van der Waals surface area contributed by atoms with Crippen LogP contribution >= 0.6 is 11.3 Å². The Kier molecular flexibility index (Phi) is 4.28. The second kappa shape index (κ2) is 5.94. The Morgan fingerprint density at radius 1 is 1.67 bits per heavy atom. The van der Waals surface area contributed by atoms with Crippen LogP contribution in [0.1, 0.15) is 11.4 Å². The molecule has 1 unspecified atom stereocenters. The largest absolute Gasteiger partial charge is 0.453 e. The highest BCUT2D eigenvalue weighted by Gasteiger charge is 2.24. The molecule has 0 aliphatic carbocycles. The molecule has 1 aromatic heterocycles. The summed E-state index contributed by atoms with van der Waals surface area (Å²) in [6, 6.07) is 0.137. The molecule has 1 saturated heterocycles. The van der Waals surface area contributed by atoms with E-state index in [4.69, 9.17) is 5.84 Å². The van der Waals surface area contributed by atoms with Crippen molar-refractivity contribution in [3.8, 4) is 0 Å². The Balaban J connectivity index is 1.80. The van der Waals surface area contributed by atoms with Crippen LogP contribution in [0, 0.1) is 0 Å². The number of hydrogen-bond donors (Lipinski definition) is 3. The number of nitrogens with two attached hydrogens (primary N) is 1. The van der Waals surface area contributed by atoms with Crippen molar-refractivity contribution < 1.29 is 9.53 Å². The van der Waals surface area contributed by atoms with Gasteiger partial charge in [0, 0.05) is 19.1 Å². The van der Waals surface area contributed by atoms with E-state index in [9.17, 15) is 4.79 Å². The molecule has 1 amide bonds. The molecule has 8 nitrogen and oxygen atoms in total. The standard InChI is InChI=1S/C9H16N6O2S/c1-17-9(16)11-6-2-3-15(4-6)5-7-13-14-8(12-10)18-7/h6H,2-5,10H2,1H3,(H,11,16)(H,12,14). The number of nitrogens with one attached hydrogen (secondary N) is 2. The van der Waals surface area contributed by atoms with Crippen molar-refractivity contribution in [2.75, 3.05) is 25.6 Å². The summed E-state index contributed by atoms with van der Waals surface area (Å²) in [5.74, 6) is 5.25. The lowest BCUT2D eigenvalue weighted by Gasteiger charge is -2.14. The molecule has 0 radical (unpaired) electrons. The van der Waals surface area contributed by atoms with Crippen molar-refractivity contribution in [3.63, 3.8) is 0 Å². The first-order valence-electron chi connectivity index (χ1n) is 5.57. The number of rotatable bonds is 4. The lowest BCUT2D eigenvalue weighted by Crippen LogP contribution is -2.36. The summed E-state index contributed by atoms with van der Waals surface area (Å²) in [6.45, 7) is 2.43. The number of hydrazine groups is 1. The van der Waals surface area contributed by atoms with E-state index >= 15 is 0 Å². The van der Waals surface area contributed by atoms with Crippen molar-refractivity contribution in [1.29, 1.82) is 0 Å². The van der Waals surface area contributed by atoms with Gasteiger partial charge in [0.25, 0.3) is 0 Å². The van der Waals surface area contributed by atoms with Crippen LogP contribution in [0.15, 0.2) is 0 Å². The molecule has 1 aliphatic heterocycles. The van der Waals surface area contributed by atoms with Crippen LogP contribution in [0.2, 0.25) is 0 Å². The van der Waals surface area contributed by atoms with Gasteiger partial charge in [-0.2, -0.15) is 0 Å². The maximum atomic E-state index is 11.1. The predicted molar refractivity (Wildman–Crippen MR) is 66.9 cm³/mol. The van der Waals surface area contributed by atoms with Crippen LogP contribution in [-0.2, 0) is 11.3 Å². The van der Waals surface area contributed by atoms with Gasteiger partial charge in [0.1, 0.15) is 5.01 Å². The number of aromatic nitrogens is 2. The highest BCUT2D eigenvalue weighted by Crippen LogP contribution is 2.18. The van der Waals surface area contributed by atoms with Crippen LogP contribution in [0.25, 0.3) is 0 Å². The molecule has 2 heterocycles. The van der Waals surface area contributed by atoms with Gasteiger partial charge in [0.2, 0.25) is 5.13 Å². The molecular weight excluding hydrogens is 256 g/mol. The van der Waals surface area contributed by atoms with Gasteiger partial charge >= 0.3 is 6.09 Å². The number of nitrogen functional groups attached to an aromatic ring is 1. The van der Waals surface area contributed by atoms with E-state index in [0.717, 1.165) is 31.1 Å². The first-order valence-corrected chi connectivity index (χ1v) is 6.38. The van der Waals surface area contributed by atoms with E-state index in [2.05, 4.69) is 30.6 Å². The quantitative estimate of drug-likeness (QED) is 0.513. The molecular formula is C9H16N6O2S. The molecule has 2 rings (SSSR count). The number of carbonyl (C=O) groups excluding carboxylic acids is 1. The highest BCUT2D eigenvalue weighted by molar-refractivity contribution is 7.15. The molecule has 1 atom stereocenters. The van der Waals surface area contributed by atoms with Crippen LogP contribution in [0.4, 0.5) is 9.93 Å². The number of likely N-dealkylation sites (tertiary alicyclic amines) is 1. The Labute approximate surface area is 108 Å². The molecule has 0 aromatic carbocycles. The number of carbonyl (C=O) groups is 1. The van der Waals surface area contributed by atoms with Gasteiger partial charge < -0.3 is 10.1 Å². The van der Waals surface area contributed by atoms with Gasteiger partial charge in [-0.1, -0.05) is 11.3 Å². The Morgan fingerprint density at radius 3 is 3.17 bits per heavy atom. The summed E-state index contributed by atoms with van der Waals surface area (Å²) in [5.41, 5.74) is 2.47. The minimum Gasteiger partial charge on any atom is -0.453 e.